The molecule has 2 aliphatic heterocycles. The number of likely N-dealkylation sites (tertiary alicyclic amines) is 1. The number of amides is 3. The standard InChI is InChI=1S/C28H35N5O3/c1-27(2,29)25(35)30-22(15-14-20-10-6-4-7-11-20)24(34)33-17-16-23-28(19-33,26(36)32(3)31-23)18-21-12-8-5-9-13-21/h4-13,22H,14-19,29H2,1-3H3,(H,30,35). The van der Waals surface area contributed by atoms with E-state index in [0.717, 1.165) is 16.8 Å². The van der Waals surface area contributed by atoms with Crippen molar-refractivity contribution >= 4 is 23.4 Å². The quantitative estimate of drug-likeness (QED) is 0.592. The molecule has 2 unspecified atom stereocenters. The molecule has 0 aromatic heterocycles. The molecule has 0 spiro atoms. The van der Waals surface area contributed by atoms with Crippen molar-refractivity contribution in [3.8, 4) is 0 Å². The Labute approximate surface area is 212 Å². The minimum atomic E-state index is -1.12. The molecule has 190 valence electrons. The maximum Gasteiger partial charge on any atom is 0.256 e. The zero-order chi connectivity index (χ0) is 25.9. The van der Waals surface area contributed by atoms with Crippen molar-refractivity contribution in [1.82, 2.24) is 15.2 Å². The molecule has 8 nitrogen and oxygen atoms in total. The van der Waals surface area contributed by atoms with E-state index in [1.54, 1.807) is 25.8 Å². The number of nitrogens with zero attached hydrogens (tertiary/aromatic N) is 3. The minimum Gasteiger partial charge on any atom is -0.343 e. The molecule has 3 N–H and O–H groups in total. The number of piperidine rings is 1. The van der Waals surface area contributed by atoms with Gasteiger partial charge in [-0.1, -0.05) is 60.7 Å². The molecule has 0 radical (unpaired) electrons. The van der Waals surface area contributed by atoms with Crippen LogP contribution in [-0.2, 0) is 27.2 Å². The first kappa shape index (κ1) is 25.6. The summed E-state index contributed by atoms with van der Waals surface area (Å²) >= 11 is 0. The molecular weight excluding hydrogens is 454 g/mol. The first-order valence-electron chi connectivity index (χ1n) is 12.4. The molecule has 1 saturated heterocycles. The van der Waals surface area contributed by atoms with Crippen LogP contribution in [0.15, 0.2) is 65.8 Å². The normalized spacial score (nSPS) is 20.6. The Morgan fingerprint density at radius 1 is 1.08 bits per heavy atom. The summed E-state index contributed by atoms with van der Waals surface area (Å²) in [5, 5.41) is 8.82. The van der Waals surface area contributed by atoms with Gasteiger partial charge in [0, 0.05) is 26.6 Å². The number of hydrogen-bond donors (Lipinski definition) is 2. The second-order valence-corrected chi connectivity index (χ2v) is 10.4. The Bertz CT molecular complexity index is 1140. The van der Waals surface area contributed by atoms with Crippen LogP contribution in [0.25, 0.3) is 0 Å². The van der Waals surface area contributed by atoms with E-state index in [0.29, 0.717) is 32.2 Å². The molecule has 2 aliphatic rings. The molecule has 8 heteroatoms. The van der Waals surface area contributed by atoms with Crippen LogP contribution in [0.1, 0.15) is 37.8 Å². The SMILES string of the molecule is CN1N=C2CCN(C(=O)C(CCc3ccccc3)NC(=O)C(C)(C)N)CC2(Cc2ccccc2)C1=O. The lowest BCUT2D eigenvalue weighted by Gasteiger charge is -2.41. The van der Waals surface area contributed by atoms with Gasteiger partial charge in [-0.2, -0.15) is 5.10 Å². The lowest BCUT2D eigenvalue weighted by atomic mass is 9.73. The van der Waals surface area contributed by atoms with Crippen LogP contribution in [0.2, 0.25) is 0 Å². The van der Waals surface area contributed by atoms with Gasteiger partial charge in [0.15, 0.2) is 0 Å². The van der Waals surface area contributed by atoms with Crippen LogP contribution >= 0.6 is 0 Å². The van der Waals surface area contributed by atoms with E-state index in [-0.39, 0.29) is 24.3 Å². The van der Waals surface area contributed by atoms with E-state index in [9.17, 15) is 14.4 Å². The second-order valence-electron chi connectivity index (χ2n) is 10.4. The third-order valence-electron chi connectivity index (χ3n) is 7.02. The number of fused-ring (bicyclic) bond motifs is 1. The van der Waals surface area contributed by atoms with Crippen LogP contribution in [0.4, 0.5) is 0 Å². The number of rotatable bonds is 8. The highest BCUT2D eigenvalue weighted by Crippen LogP contribution is 2.38. The Kier molecular flexibility index (Phi) is 7.26. The first-order valence-corrected chi connectivity index (χ1v) is 12.4. The molecule has 0 aliphatic carbocycles. The molecule has 2 aromatic rings. The maximum absolute atomic E-state index is 13.9. The summed E-state index contributed by atoms with van der Waals surface area (Å²) in [6, 6.07) is 18.9. The Hall–Kier alpha value is -3.52. The Morgan fingerprint density at radius 2 is 1.69 bits per heavy atom. The van der Waals surface area contributed by atoms with Crippen LogP contribution in [0.3, 0.4) is 0 Å². The van der Waals surface area contributed by atoms with Gasteiger partial charge in [-0.15, -0.1) is 0 Å². The second kappa shape index (κ2) is 10.2. The largest absolute Gasteiger partial charge is 0.343 e. The number of hydrazone groups is 1. The summed E-state index contributed by atoms with van der Waals surface area (Å²) in [6.07, 6.45) is 2.04. The van der Waals surface area contributed by atoms with Gasteiger partial charge in [-0.25, -0.2) is 5.01 Å². The fraction of sp³-hybridized carbons (Fsp3) is 0.429. The number of carbonyl (C=O) groups is 3. The lowest BCUT2D eigenvalue weighted by Crippen LogP contribution is -2.60. The molecule has 2 atom stereocenters. The van der Waals surface area contributed by atoms with Crippen LogP contribution in [0.5, 0.6) is 0 Å². The molecule has 3 amide bonds. The van der Waals surface area contributed by atoms with E-state index in [1.165, 1.54) is 5.01 Å². The van der Waals surface area contributed by atoms with Crippen molar-refractivity contribution in [2.75, 3.05) is 20.1 Å². The summed E-state index contributed by atoms with van der Waals surface area (Å²) < 4.78 is 0. The highest BCUT2D eigenvalue weighted by molar-refractivity contribution is 6.13. The molecule has 2 heterocycles. The van der Waals surface area contributed by atoms with Crippen LogP contribution < -0.4 is 11.1 Å². The smallest absolute Gasteiger partial charge is 0.256 e. The van der Waals surface area contributed by atoms with E-state index >= 15 is 0 Å². The van der Waals surface area contributed by atoms with Gasteiger partial charge in [0.25, 0.3) is 5.91 Å². The van der Waals surface area contributed by atoms with Gasteiger partial charge in [-0.3, -0.25) is 14.4 Å². The summed E-state index contributed by atoms with van der Waals surface area (Å²) in [5.41, 5.74) is 6.92. The monoisotopic (exact) mass is 489 g/mol. The minimum absolute atomic E-state index is 0.105. The van der Waals surface area contributed by atoms with Crippen molar-refractivity contribution < 1.29 is 14.4 Å². The van der Waals surface area contributed by atoms with Crippen LogP contribution in [0, 0.1) is 5.41 Å². The average Bonchev–Trinajstić information content (AvgIpc) is 3.10. The number of carbonyl (C=O) groups excluding carboxylic acids is 3. The van der Waals surface area contributed by atoms with Crippen molar-refractivity contribution in [2.24, 2.45) is 16.3 Å². The number of benzene rings is 2. The molecule has 0 bridgehead atoms. The average molecular weight is 490 g/mol. The Balaban J connectivity index is 1.58. The number of aryl methyl sites for hydroxylation is 1. The van der Waals surface area contributed by atoms with Gasteiger partial charge in [0.05, 0.1) is 11.3 Å². The van der Waals surface area contributed by atoms with Crippen molar-refractivity contribution in [1.29, 1.82) is 0 Å². The number of hydrogen-bond acceptors (Lipinski definition) is 5. The van der Waals surface area contributed by atoms with Crippen molar-refractivity contribution in [3.63, 3.8) is 0 Å². The van der Waals surface area contributed by atoms with Gasteiger partial charge >= 0.3 is 0 Å². The van der Waals surface area contributed by atoms with Gasteiger partial charge in [0.1, 0.15) is 11.5 Å². The number of nitrogens with one attached hydrogen (secondary N) is 1. The predicted molar refractivity (Wildman–Crippen MR) is 139 cm³/mol. The van der Waals surface area contributed by atoms with E-state index < -0.39 is 17.0 Å². The summed E-state index contributed by atoms with van der Waals surface area (Å²) in [5.74, 6) is -0.687. The molecule has 36 heavy (non-hydrogen) atoms. The van der Waals surface area contributed by atoms with Gasteiger partial charge in [-0.05, 0) is 44.2 Å². The summed E-state index contributed by atoms with van der Waals surface area (Å²) in [7, 11) is 1.67. The summed E-state index contributed by atoms with van der Waals surface area (Å²) in [4.78, 5) is 41.8. The van der Waals surface area contributed by atoms with Crippen LogP contribution in [-0.4, -0.2) is 65.1 Å². The molecule has 4 rings (SSSR count). The van der Waals surface area contributed by atoms with E-state index in [4.69, 9.17) is 5.73 Å². The fourth-order valence-corrected chi connectivity index (χ4v) is 4.99. The fourth-order valence-electron chi connectivity index (χ4n) is 4.99. The molecule has 0 saturated carbocycles. The van der Waals surface area contributed by atoms with Crippen molar-refractivity contribution in [3.05, 3.63) is 71.8 Å². The highest BCUT2D eigenvalue weighted by atomic mass is 16.2. The zero-order valence-corrected chi connectivity index (χ0v) is 21.2. The topological polar surface area (TPSA) is 108 Å². The maximum atomic E-state index is 13.9. The van der Waals surface area contributed by atoms with E-state index in [1.807, 2.05) is 60.7 Å². The summed E-state index contributed by atoms with van der Waals surface area (Å²) in [6.45, 7) is 3.91. The van der Waals surface area contributed by atoms with Gasteiger partial charge in [0.2, 0.25) is 11.8 Å². The molecule has 2 aromatic carbocycles. The molecular formula is C28H35N5O3. The third-order valence-corrected chi connectivity index (χ3v) is 7.02. The first-order chi connectivity index (χ1) is 17.1. The van der Waals surface area contributed by atoms with Gasteiger partial charge < -0.3 is 16.0 Å². The predicted octanol–water partition coefficient (Wildman–Crippen LogP) is 2.13. The Morgan fingerprint density at radius 3 is 2.31 bits per heavy atom. The lowest BCUT2D eigenvalue weighted by molar-refractivity contribution is -0.142. The zero-order valence-electron chi connectivity index (χ0n) is 21.2. The highest BCUT2D eigenvalue weighted by Gasteiger charge is 2.53. The third kappa shape index (κ3) is 5.33. The van der Waals surface area contributed by atoms with E-state index in [2.05, 4.69) is 10.4 Å². The van der Waals surface area contributed by atoms with Crippen molar-refractivity contribution in [2.45, 2.75) is 51.1 Å². The number of nitrogens with two attached hydrogens (primary N) is 1. The molecule has 1 fully saturated rings.